The SMILES string of the molecule is COc1ccc2ccc3c(c2n1)[C@@H](CNC[C@@H]1CN(c2ccc4c(c2)NC(=O)CS4)C(=O)O1)CO3. The van der Waals surface area contributed by atoms with Gasteiger partial charge >= 0.3 is 6.09 Å². The third-order valence-electron chi connectivity index (χ3n) is 6.44. The van der Waals surface area contributed by atoms with Gasteiger partial charge in [-0.25, -0.2) is 9.78 Å². The number of hydrogen-bond acceptors (Lipinski definition) is 8. The van der Waals surface area contributed by atoms with Gasteiger partial charge in [0.05, 0.1) is 37.2 Å². The fourth-order valence-electron chi connectivity index (χ4n) is 4.74. The van der Waals surface area contributed by atoms with E-state index in [1.54, 1.807) is 12.0 Å². The molecule has 180 valence electrons. The first-order valence-electron chi connectivity index (χ1n) is 11.4. The van der Waals surface area contributed by atoms with Gasteiger partial charge in [-0.05, 0) is 36.4 Å². The van der Waals surface area contributed by atoms with Crippen LogP contribution >= 0.6 is 11.8 Å². The molecule has 1 aromatic heterocycles. The van der Waals surface area contributed by atoms with Gasteiger partial charge in [0.2, 0.25) is 11.8 Å². The van der Waals surface area contributed by atoms with E-state index in [1.807, 2.05) is 42.5 Å². The topological polar surface area (TPSA) is 102 Å². The Bertz CT molecular complexity index is 1330. The van der Waals surface area contributed by atoms with E-state index >= 15 is 0 Å². The predicted octanol–water partition coefficient (Wildman–Crippen LogP) is 3.38. The molecule has 9 nitrogen and oxygen atoms in total. The number of amides is 2. The second-order valence-electron chi connectivity index (χ2n) is 8.70. The quantitative estimate of drug-likeness (QED) is 0.540. The second-order valence-corrected chi connectivity index (χ2v) is 9.72. The molecule has 0 radical (unpaired) electrons. The highest BCUT2D eigenvalue weighted by Gasteiger charge is 2.34. The molecule has 3 aromatic rings. The average molecular weight is 493 g/mol. The summed E-state index contributed by atoms with van der Waals surface area (Å²) in [5.41, 5.74) is 3.41. The van der Waals surface area contributed by atoms with Crippen LogP contribution in [0.4, 0.5) is 16.2 Å². The number of benzene rings is 2. The van der Waals surface area contributed by atoms with Crippen LogP contribution in [0.25, 0.3) is 10.9 Å². The number of anilines is 2. The minimum absolute atomic E-state index is 0.0374. The van der Waals surface area contributed by atoms with Gasteiger partial charge in [-0.3, -0.25) is 9.69 Å². The summed E-state index contributed by atoms with van der Waals surface area (Å²) in [6.45, 7) is 2.19. The van der Waals surface area contributed by atoms with E-state index in [2.05, 4.69) is 15.6 Å². The van der Waals surface area contributed by atoms with E-state index in [4.69, 9.17) is 14.2 Å². The molecule has 0 saturated carbocycles. The Balaban J connectivity index is 1.11. The molecular weight excluding hydrogens is 468 g/mol. The van der Waals surface area contributed by atoms with Crippen LogP contribution in [0.3, 0.4) is 0 Å². The summed E-state index contributed by atoms with van der Waals surface area (Å²) in [5, 5.41) is 7.36. The van der Waals surface area contributed by atoms with Crippen molar-refractivity contribution in [2.45, 2.75) is 16.9 Å². The van der Waals surface area contributed by atoms with Crippen molar-refractivity contribution in [2.75, 3.05) is 49.3 Å². The largest absolute Gasteiger partial charge is 0.493 e. The van der Waals surface area contributed by atoms with Crippen LogP contribution in [-0.2, 0) is 9.53 Å². The third-order valence-corrected chi connectivity index (χ3v) is 7.51. The van der Waals surface area contributed by atoms with Crippen LogP contribution in [0, 0.1) is 0 Å². The first-order chi connectivity index (χ1) is 17.1. The van der Waals surface area contributed by atoms with Gasteiger partial charge in [-0.15, -0.1) is 11.8 Å². The van der Waals surface area contributed by atoms with Crippen LogP contribution in [-0.4, -0.2) is 62.2 Å². The normalized spacial score (nSPS) is 20.8. The van der Waals surface area contributed by atoms with Gasteiger partial charge in [-0.2, -0.15) is 0 Å². The molecule has 2 N–H and O–H groups in total. The number of aromatic nitrogens is 1. The molecular formula is C25H24N4O5S. The number of thioether (sulfide) groups is 1. The number of hydrogen-bond donors (Lipinski definition) is 2. The Morgan fingerprint density at radius 3 is 2.97 bits per heavy atom. The molecule has 2 amide bonds. The van der Waals surface area contributed by atoms with Crippen LogP contribution in [0.2, 0.25) is 0 Å². The fraction of sp³-hybridized carbons (Fsp3) is 0.320. The zero-order valence-corrected chi connectivity index (χ0v) is 19.9. The number of nitrogens with zero attached hydrogens (tertiary/aromatic N) is 2. The summed E-state index contributed by atoms with van der Waals surface area (Å²) >= 11 is 1.49. The maximum atomic E-state index is 12.6. The fourth-order valence-corrected chi connectivity index (χ4v) is 5.53. The molecule has 6 rings (SSSR count). The van der Waals surface area contributed by atoms with Gasteiger partial charge < -0.3 is 24.8 Å². The number of carbonyl (C=O) groups excluding carboxylic acids is 2. The maximum absolute atomic E-state index is 12.6. The molecule has 0 aliphatic carbocycles. The van der Waals surface area contributed by atoms with E-state index in [-0.39, 0.29) is 24.0 Å². The molecule has 3 aliphatic rings. The smallest absolute Gasteiger partial charge is 0.414 e. The summed E-state index contributed by atoms with van der Waals surface area (Å²) in [7, 11) is 1.61. The highest BCUT2D eigenvalue weighted by Crippen LogP contribution is 2.39. The minimum Gasteiger partial charge on any atom is -0.493 e. The number of carbonyl (C=O) groups is 2. The van der Waals surface area contributed by atoms with Crippen molar-refractivity contribution in [3.05, 3.63) is 48.0 Å². The summed E-state index contributed by atoms with van der Waals surface area (Å²) < 4.78 is 16.8. The molecule has 1 fully saturated rings. The van der Waals surface area contributed by atoms with Gasteiger partial charge in [0.1, 0.15) is 11.9 Å². The Morgan fingerprint density at radius 2 is 2.09 bits per heavy atom. The first kappa shape index (κ1) is 22.0. The monoisotopic (exact) mass is 492 g/mol. The van der Waals surface area contributed by atoms with Crippen molar-refractivity contribution in [2.24, 2.45) is 0 Å². The van der Waals surface area contributed by atoms with Crippen molar-refractivity contribution in [1.82, 2.24) is 10.3 Å². The third kappa shape index (κ3) is 4.12. The van der Waals surface area contributed by atoms with E-state index in [0.29, 0.717) is 43.6 Å². The molecule has 0 bridgehead atoms. The van der Waals surface area contributed by atoms with Crippen molar-refractivity contribution < 1.29 is 23.8 Å². The summed E-state index contributed by atoms with van der Waals surface area (Å²) in [6.07, 6.45) is -0.668. The first-order valence-corrected chi connectivity index (χ1v) is 12.4. The van der Waals surface area contributed by atoms with E-state index in [1.165, 1.54) is 11.8 Å². The van der Waals surface area contributed by atoms with Crippen LogP contribution in [0.15, 0.2) is 47.4 Å². The number of ether oxygens (including phenoxy) is 3. The molecule has 10 heteroatoms. The van der Waals surface area contributed by atoms with E-state index in [0.717, 1.165) is 32.8 Å². The zero-order chi connectivity index (χ0) is 23.9. The molecule has 2 aromatic carbocycles. The molecule has 0 unspecified atom stereocenters. The molecule has 0 spiro atoms. The number of nitrogens with one attached hydrogen (secondary N) is 2. The summed E-state index contributed by atoms with van der Waals surface area (Å²) in [6, 6.07) is 13.5. The van der Waals surface area contributed by atoms with E-state index in [9.17, 15) is 9.59 Å². The van der Waals surface area contributed by atoms with Crippen LogP contribution in [0.1, 0.15) is 11.5 Å². The van der Waals surface area contributed by atoms with Crippen molar-refractivity contribution in [3.8, 4) is 11.6 Å². The summed E-state index contributed by atoms with van der Waals surface area (Å²) in [5.74, 6) is 1.92. The zero-order valence-electron chi connectivity index (χ0n) is 19.1. The predicted molar refractivity (Wildman–Crippen MR) is 133 cm³/mol. The molecule has 2 atom stereocenters. The van der Waals surface area contributed by atoms with Crippen LogP contribution in [0.5, 0.6) is 11.6 Å². The molecule has 1 saturated heterocycles. The lowest BCUT2D eigenvalue weighted by atomic mass is 9.98. The second kappa shape index (κ2) is 8.94. The van der Waals surface area contributed by atoms with Gasteiger partial charge in [0.25, 0.3) is 0 Å². The highest BCUT2D eigenvalue weighted by molar-refractivity contribution is 8.00. The van der Waals surface area contributed by atoms with Crippen molar-refractivity contribution in [3.63, 3.8) is 0 Å². The Labute approximate surface area is 206 Å². The molecule has 35 heavy (non-hydrogen) atoms. The van der Waals surface area contributed by atoms with Gasteiger partial charge in [0, 0.05) is 46.6 Å². The molecule has 3 aliphatic heterocycles. The molecule has 4 heterocycles. The van der Waals surface area contributed by atoms with Gasteiger partial charge in [-0.1, -0.05) is 0 Å². The number of cyclic esters (lactones) is 1. The lowest BCUT2D eigenvalue weighted by Crippen LogP contribution is -2.33. The minimum atomic E-state index is -0.386. The number of pyridine rings is 1. The van der Waals surface area contributed by atoms with Gasteiger partial charge in [0.15, 0.2) is 0 Å². The highest BCUT2D eigenvalue weighted by atomic mass is 32.2. The maximum Gasteiger partial charge on any atom is 0.414 e. The number of fused-ring (bicyclic) bond motifs is 4. The van der Waals surface area contributed by atoms with Crippen molar-refractivity contribution in [1.29, 1.82) is 0 Å². The van der Waals surface area contributed by atoms with Crippen LogP contribution < -0.4 is 25.0 Å². The lowest BCUT2D eigenvalue weighted by molar-refractivity contribution is -0.113. The lowest BCUT2D eigenvalue weighted by Gasteiger charge is -2.20. The Kier molecular flexibility index (Phi) is 5.62. The average Bonchev–Trinajstić information content (AvgIpc) is 3.46. The van der Waals surface area contributed by atoms with E-state index < -0.39 is 0 Å². The Morgan fingerprint density at radius 1 is 1.20 bits per heavy atom. The van der Waals surface area contributed by atoms with Crippen molar-refractivity contribution >= 4 is 46.0 Å². The standard InChI is InChI=1S/C25H24N4O5S/c1-32-22-7-3-14-2-5-19-23(24(14)28-22)15(12-33-19)9-26-10-17-11-29(25(31)34-17)16-4-6-20-18(8-16)27-21(30)13-35-20/h2-8,15,17,26H,9-13H2,1H3,(H,27,30)/t15-,17+/m0/s1. The Hall–Kier alpha value is -3.50. The number of rotatable bonds is 6. The summed E-state index contributed by atoms with van der Waals surface area (Å²) in [4.78, 5) is 31.5. The number of methoxy groups -OCH3 is 1.